The Morgan fingerprint density at radius 1 is 1.33 bits per heavy atom. The van der Waals surface area contributed by atoms with Gasteiger partial charge in [-0.05, 0) is 37.2 Å². The summed E-state index contributed by atoms with van der Waals surface area (Å²) in [6.45, 7) is 2.28. The molecule has 2 atom stereocenters. The van der Waals surface area contributed by atoms with Gasteiger partial charge in [-0.25, -0.2) is 0 Å². The van der Waals surface area contributed by atoms with Crippen LogP contribution in [0.1, 0.15) is 12.8 Å². The molecule has 1 fully saturated rings. The third-order valence-electron chi connectivity index (χ3n) is 4.17. The summed E-state index contributed by atoms with van der Waals surface area (Å²) in [6, 6.07) is 5.43. The molecule has 1 aliphatic heterocycles. The Morgan fingerprint density at radius 2 is 2.04 bits per heavy atom. The van der Waals surface area contributed by atoms with Crippen molar-refractivity contribution in [3.05, 3.63) is 23.0 Å². The van der Waals surface area contributed by atoms with Crippen LogP contribution in [-0.2, 0) is 6.67 Å². The lowest BCUT2D eigenvalue weighted by molar-refractivity contribution is -0.931. The van der Waals surface area contributed by atoms with E-state index in [-0.39, 0.29) is 6.10 Å². The highest BCUT2D eigenvalue weighted by atomic mass is 32.1. The van der Waals surface area contributed by atoms with Crippen LogP contribution in [-0.4, -0.2) is 48.3 Å². The average molecular weight is 352 g/mol. The number of piperidine rings is 1. The maximum atomic E-state index is 9.80. The fourth-order valence-electron chi connectivity index (χ4n) is 2.93. The van der Waals surface area contributed by atoms with Crippen molar-refractivity contribution in [2.75, 3.05) is 27.3 Å². The maximum absolute atomic E-state index is 9.80. The summed E-state index contributed by atoms with van der Waals surface area (Å²) < 4.78 is 17.9. The minimum absolute atomic E-state index is 0.253. The van der Waals surface area contributed by atoms with E-state index in [1.165, 1.54) is 4.90 Å². The molecule has 0 bridgehead atoms. The van der Waals surface area contributed by atoms with Crippen molar-refractivity contribution in [1.29, 1.82) is 0 Å². The van der Waals surface area contributed by atoms with E-state index in [4.69, 9.17) is 26.1 Å². The standard InChI is InChI=1S/C16H21N3O4S/c1-21-13-6-11(7-14(8-13)22-2)15-17-19(16(24)23-15)10-18-5-3-4-12(20)9-18/h6-8,12,20H,3-5,9-10H2,1-2H3/p+1/t12-/m1/s1. The molecular formula is C16H22N3O4S+. The van der Waals surface area contributed by atoms with Crippen LogP contribution in [0.2, 0.25) is 0 Å². The fraction of sp³-hybridized carbons (Fsp3) is 0.500. The van der Waals surface area contributed by atoms with Crippen molar-refractivity contribution in [2.45, 2.75) is 25.6 Å². The molecule has 8 heteroatoms. The zero-order chi connectivity index (χ0) is 17.1. The van der Waals surface area contributed by atoms with Gasteiger partial charge in [0.1, 0.15) is 24.1 Å². The molecule has 0 saturated carbocycles. The van der Waals surface area contributed by atoms with Gasteiger partial charge in [-0.15, -0.1) is 5.10 Å². The van der Waals surface area contributed by atoms with Crippen molar-refractivity contribution in [3.8, 4) is 23.0 Å². The van der Waals surface area contributed by atoms with Gasteiger partial charge < -0.3 is 23.9 Å². The van der Waals surface area contributed by atoms with Gasteiger partial charge in [0.2, 0.25) is 5.89 Å². The zero-order valence-electron chi connectivity index (χ0n) is 13.8. The highest BCUT2D eigenvalue weighted by molar-refractivity contribution is 7.71. The van der Waals surface area contributed by atoms with Crippen LogP contribution in [0.25, 0.3) is 11.5 Å². The van der Waals surface area contributed by atoms with Crippen LogP contribution in [0.3, 0.4) is 0 Å². The summed E-state index contributed by atoms with van der Waals surface area (Å²) in [4.78, 5) is 1.56. The van der Waals surface area contributed by atoms with Crippen molar-refractivity contribution >= 4 is 12.2 Å². The third kappa shape index (κ3) is 3.77. The number of aliphatic hydroxyl groups excluding tert-OH is 1. The molecule has 2 heterocycles. The number of benzene rings is 1. The van der Waals surface area contributed by atoms with Crippen LogP contribution >= 0.6 is 12.2 Å². The summed E-state index contributed by atoms with van der Waals surface area (Å²) in [5.74, 6) is 1.74. The lowest BCUT2D eigenvalue weighted by Crippen LogP contribution is -3.13. The van der Waals surface area contributed by atoms with E-state index in [9.17, 15) is 5.11 Å². The molecule has 0 aliphatic carbocycles. The highest BCUT2D eigenvalue weighted by Gasteiger charge is 2.22. The molecule has 7 nitrogen and oxygen atoms in total. The molecular weight excluding hydrogens is 330 g/mol. The van der Waals surface area contributed by atoms with Crippen molar-refractivity contribution in [3.63, 3.8) is 0 Å². The highest BCUT2D eigenvalue weighted by Crippen LogP contribution is 2.28. The number of methoxy groups -OCH3 is 2. The molecule has 1 saturated heterocycles. The van der Waals surface area contributed by atoms with Gasteiger partial charge in [-0.3, -0.25) is 0 Å². The van der Waals surface area contributed by atoms with Gasteiger partial charge in [-0.2, -0.15) is 4.68 Å². The molecule has 1 aromatic heterocycles. The van der Waals surface area contributed by atoms with Crippen LogP contribution in [0.15, 0.2) is 22.6 Å². The Kier molecular flexibility index (Phi) is 5.17. The Hall–Kier alpha value is -1.90. The van der Waals surface area contributed by atoms with Crippen LogP contribution in [0, 0.1) is 4.84 Å². The summed E-state index contributed by atoms with van der Waals surface area (Å²) in [5, 5.41) is 14.3. The second-order valence-corrected chi connectivity index (χ2v) is 6.28. The average Bonchev–Trinajstić information content (AvgIpc) is 2.95. The largest absolute Gasteiger partial charge is 0.497 e. The Bertz CT molecular complexity index is 736. The van der Waals surface area contributed by atoms with Crippen LogP contribution < -0.4 is 14.4 Å². The van der Waals surface area contributed by atoms with Crippen molar-refractivity contribution < 1.29 is 23.9 Å². The number of nitrogens with zero attached hydrogens (tertiary/aromatic N) is 2. The zero-order valence-corrected chi connectivity index (χ0v) is 14.6. The smallest absolute Gasteiger partial charge is 0.292 e. The molecule has 3 rings (SSSR count). The van der Waals surface area contributed by atoms with E-state index in [0.29, 0.717) is 35.4 Å². The van der Waals surface area contributed by atoms with E-state index in [1.807, 2.05) is 12.1 Å². The maximum Gasteiger partial charge on any atom is 0.292 e. The van der Waals surface area contributed by atoms with E-state index in [0.717, 1.165) is 24.9 Å². The summed E-state index contributed by atoms with van der Waals surface area (Å²) in [7, 11) is 3.19. The Balaban J connectivity index is 1.84. The SMILES string of the molecule is COc1cc(OC)cc(-c2nn(C[NH+]3CCC[C@@H](O)C3)c(=S)o2)c1. The number of likely N-dealkylation sites (tertiary alicyclic amines) is 1. The molecule has 0 amide bonds. The van der Waals surface area contributed by atoms with Gasteiger partial charge >= 0.3 is 0 Å². The number of nitrogens with one attached hydrogen (secondary N) is 1. The van der Waals surface area contributed by atoms with Crippen molar-refractivity contribution in [2.24, 2.45) is 0 Å². The van der Waals surface area contributed by atoms with E-state index in [2.05, 4.69) is 5.10 Å². The third-order valence-corrected chi connectivity index (χ3v) is 4.46. The molecule has 1 aliphatic rings. The number of hydrogen-bond donors (Lipinski definition) is 2. The first kappa shape index (κ1) is 16.9. The quantitative estimate of drug-likeness (QED) is 0.779. The summed E-state index contributed by atoms with van der Waals surface area (Å²) >= 11 is 5.29. The number of aromatic nitrogens is 2. The van der Waals surface area contributed by atoms with Gasteiger partial charge in [0, 0.05) is 11.6 Å². The number of ether oxygens (including phenoxy) is 2. The van der Waals surface area contributed by atoms with E-state index < -0.39 is 0 Å². The first-order valence-electron chi connectivity index (χ1n) is 7.92. The predicted molar refractivity (Wildman–Crippen MR) is 89.8 cm³/mol. The predicted octanol–water partition coefficient (Wildman–Crippen LogP) is 0.887. The summed E-state index contributed by atoms with van der Waals surface area (Å²) in [5.41, 5.74) is 0.740. The monoisotopic (exact) mass is 352 g/mol. The minimum atomic E-state index is -0.253. The number of aliphatic hydroxyl groups is 1. The van der Waals surface area contributed by atoms with Crippen molar-refractivity contribution in [1.82, 2.24) is 9.78 Å². The molecule has 24 heavy (non-hydrogen) atoms. The number of hydrogen-bond acceptors (Lipinski definition) is 6. The Labute approximate surface area is 145 Å². The minimum Gasteiger partial charge on any atom is -0.497 e. The molecule has 0 radical (unpaired) electrons. The second kappa shape index (κ2) is 7.33. The van der Waals surface area contributed by atoms with E-state index >= 15 is 0 Å². The molecule has 1 unspecified atom stereocenters. The van der Waals surface area contributed by atoms with Gasteiger partial charge in [-0.1, -0.05) is 0 Å². The number of rotatable bonds is 5. The molecule has 130 valence electrons. The molecule has 1 aromatic carbocycles. The normalized spacial score (nSPS) is 20.8. The topological polar surface area (TPSA) is 74.1 Å². The van der Waals surface area contributed by atoms with Crippen LogP contribution in [0.5, 0.6) is 11.5 Å². The fourth-order valence-corrected chi connectivity index (χ4v) is 3.12. The van der Waals surface area contributed by atoms with Crippen LogP contribution in [0.4, 0.5) is 0 Å². The Morgan fingerprint density at radius 3 is 2.67 bits per heavy atom. The van der Waals surface area contributed by atoms with E-state index in [1.54, 1.807) is 25.0 Å². The second-order valence-electron chi connectivity index (χ2n) is 5.93. The first-order chi connectivity index (χ1) is 11.6. The molecule has 2 N–H and O–H groups in total. The summed E-state index contributed by atoms with van der Waals surface area (Å²) in [6.07, 6.45) is 1.61. The van der Waals surface area contributed by atoms with Gasteiger partial charge in [0.05, 0.1) is 20.8 Å². The van der Waals surface area contributed by atoms with Gasteiger partial charge in [0.15, 0.2) is 6.67 Å². The first-order valence-corrected chi connectivity index (χ1v) is 8.33. The van der Waals surface area contributed by atoms with Gasteiger partial charge in [0.25, 0.3) is 4.84 Å². The lowest BCUT2D eigenvalue weighted by Gasteiger charge is -2.26. The lowest BCUT2D eigenvalue weighted by atomic mass is 10.1. The number of quaternary nitrogens is 1. The molecule has 0 spiro atoms. The molecule has 2 aromatic rings.